The molecule has 1 aliphatic heterocycles. The smallest absolute Gasteiger partial charge is 0.310 e. The molecular formula is C23H27ClO4. The SMILES string of the molecule is CCCc1cc(OCc2cc(Cl)cc3c2OC(C)(C)C3)ccc1C(C)C(=O)O. The Hall–Kier alpha value is -2.20. The Morgan fingerprint density at radius 1 is 1.29 bits per heavy atom. The lowest BCUT2D eigenvalue weighted by Gasteiger charge is -2.19. The number of hydrogen-bond donors (Lipinski definition) is 1. The predicted octanol–water partition coefficient (Wildman–Crippen LogP) is 5.77. The topological polar surface area (TPSA) is 55.8 Å². The van der Waals surface area contributed by atoms with Crippen molar-refractivity contribution in [3.8, 4) is 11.5 Å². The van der Waals surface area contributed by atoms with E-state index in [4.69, 9.17) is 21.1 Å². The lowest BCUT2D eigenvalue weighted by atomic mass is 9.93. The van der Waals surface area contributed by atoms with Crippen molar-refractivity contribution in [2.75, 3.05) is 0 Å². The van der Waals surface area contributed by atoms with Crippen LogP contribution in [0.1, 0.15) is 62.3 Å². The number of carboxylic acids is 1. The van der Waals surface area contributed by atoms with Gasteiger partial charge in [-0.25, -0.2) is 0 Å². The van der Waals surface area contributed by atoms with E-state index >= 15 is 0 Å². The number of carbonyl (C=O) groups is 1. The van der Waals surface area contributed by atoms with E-state index in [0.717, 1.165) is 53.0 Å². The fourth-order valence-electron chi connectivity index (χ4n) is 3.73. The Kier molecular flexibility index (Phi) is 5.90. The standard InChI is InChI=1S/C23H27ClO4/c1-5-6-15-11-19(7-8-20(15)14(2)22(25)26)27-13-17-10-18(24)9-16-12-23(3,4)28-21(16)17/h7-11,14H,5-6,12-13H2,1-4H3,(H,25,26). The number of halogens is 1. The van der Waals surface area contributed by atoms with Crippen LogP contribution in [0.5, 0.6) is 11.5 Å². The maximum absolute atomic E-state index is 11.4. The van der Waals surface area contributed by atoms with Crippen molar-refractivity contribution in [1.82, 2.24) is 0 Å². The Bertz CT molecular complexity index is 888. The maximum Gasteiger partial charge on any atom is 0.310 e. The average molecular weight is 403 g/mol. The van der Waals surface area contributed by atoms with Gasteiger partial charge in [-0.1, -0.05) is 31.0 Å². The highest BCUT2D eigenvalue weighted by molar-refractivity contribution is 6.30. The number of fused-ring (bicyclic) bond motifs is 1. The van der Waals surface area contributed by atoms with Crippen LogP contribution in [0.15, 0.2) is 30.3 Å². The highest BCUT2D eigenvalue weighted by Gasteiger charge is 2.32. The molecule has 0 radical (unpaired) electrons. The van der Waals surface area contributed by atoms with Gasteiger partial charge in [-0.3, -0.25) is 4.79 Å². The zero-order valence-corrected chi connectivity index (χ0v) is 17.6. The Balaban J connectivity index is 1.82. The fourth-order valence-corrected chi connectivity index (χ4v) is 3.99. The molecule has 1 atom stereocenters. The molecule has 1 N–H and O–H groups in total. The normalized spacial score (nSPS) is 15.6. The van der Waals surface area contributed by atoms with Crippen LogP contribution in [-0.4, -0.2) is 16.7 Å². The van der Waals surface area contributed by atoms with E-state index < -0.39 is 11.9 Å². The number of carboxylic acid groups (broad SMARTS) is 1. The van der Waals surface area contributed by atoms with Crippen molar-refractivity contribution < 1.29 is 19.4 Å². The summed E-state index contributed by atoms with van der Waals surface area (Å²) in [5.74, 6) is 0.220. The monoisotopic (exact) mass is 402 g/mol. The molecule has 0 fully saturated rings. The Morgan fingerprint density at radius 2 is 2.04 bits per heavy atom. The summed E-state index contributed by atoms with van der Waals surface area (Å²) in [6.07, 6.45) is 2.57. The third-order valence-electron chi connectivity index (χ3n) is 5.07. The molecule has 2 aromatic rings. The zero-order valence-electron chi connectivity index (χ0n) is 16.8. The lowest BCUT2D eigenvalue weighted by molar-refractivity contribution is -0.138. The number of aryl methyl sites for hydroxylation is 1. The average Bonchev–Trinajstić information content (AvgIpc) is 2.93. The first-order chi connectivity index (χ1) is 13.2. The van der Waals surface area contributed by atoms with Gasteiger partial charge in [-0.2, -0.15) is 0 Å². The molecule has 5 heteroatoms. The van der Waals surface area contributed by atoms with E-state index in [9.17, 15) is 9.90 Å². The molecule has 2 aromatic carbocycles. The molecular weight excluding hydrogens is 376 g/mol. The van der Waals surface area contributed by atoms with E-state index in [1.54, 1.807) is 6.92 Å². The second-order valence-corrected chi connectivity index (χ2v) is 8.49. The molecule has 0 aliphatic carbocycles. The summed E-state index contributed by atoms with van der Waals surface area (Å²) in [7, 11) is 0. The van der Waals surface area contributed by atoms with Gasteiger partial charge in [0.1, 0.15) is 23.7 Å². The van der Waals surface area contributed by atoms with Gasteiger partial charge in [0, 0.05) is 17.0 Å². The molecule has 0 bridgehead atoms. The van der Waals surface area contributed by atoms with Crippen LogP contribution in [0.2, 0.25) is 5.02 Å². The first kappa shape index (κ1) is 20.5. The van der Waals surface area contributed by atoms with E-state index in [1.165, 1.54) is 0 Å². The number of aliphatic carboxylic acids is 1. The van der Waals surface area contributed by atoms with Gasteiger partial charge >= 0.3 is 5.97 Å². The molecule has 0 amide bonds. The van der Waals surface area contributed by atoms with Crippen LogP contribution in [-0.2, 0) is 24.2 Å². The quantitative estimate of drug-likeness (QED) is 0.638. The van der Waals surface area contributed by atoms with Crippen molar-refractivity contribution in [3.05, 3.63) is 57.6 Å². The van der Waals surface area contributed by atoms with Gasteiger partial charge in [0.15, 0.2) is 0 Å². The Labute approximate surface area is 171 Å². The summed E-state index contributed by atoms with van der Waals surface area (Å²) in [4.78, 5) is 11.4. The fraction of sp³-hybridized carbons (Fsp3) is 0.435. The molecule has 4 nitrogen and oxygen atoms in total. The van der Waals surface area contributed by atoms with Gasteiger partial charge in [-0.05, 0) is 68.1 Å². The number of benzene rings is 2. The van der Waals surface area contributed by atoms with Gasteiger partial charge in [0.25, 0.3) is 0 Å². The summed E-state index contributed by atoms with van der Waals surface area (Å²) in [6, 6.07) is 9.49. The minimum Gasteiger partial charge on any atom is -0.489 e. The largest absolute Gasteiger partial charge is 0.489 e. The van der Waals surface area contributed by atoms with Crippen LogP contribution in [0, 0.1) is 0 Å². The van der Waals surface area contributed by atoms with E-state index in [0.29, 0.717) is 11.6 Å². The number of ether oxygens (including phenoxy) is 2. The first-order valence-corrected chi connectivity index (χ1v) is 10.1. The van der Waals surface area contributed by atoms with Crippen LogP contribution in [0.25, 0.3) is 0 Å². The maximum atomic E-state index is 11.4. The van der Waals surface area contributed by atoms with Crippen LogP contribution in [0.4, 0.5) is 0 Å². The molecule has 1 heterocycles. The van der Waals surface area contributed by atoms with Gasteiger partial charge in [0.2, 0.25) is 0 Å². The summed E-state index contributed by atoms with van der Waals surface area (Å²) in [6.45, 7) is 8.26. The van der Waals surface area contributed by atoms with Gasteiger partial charge in [-0.15, -0.1) is 0 Å². The molecule has 0 saturated carbocycles. The van der Waals surface area contributed by atoms with Gasteiger partial charge in [0.05, 0.1) is 5.92 Å². The minimum atomic E-state index is -0.819. The van der Waals surface area contributed by atoms with Gasteiger partial charge < -0.3 is 14.6 Å². The molecule has 1 unspecified atom stereocenters. The number of hydrogen-bond acceptors (Lipinski definition) is 3. The summed E-state index contributed by atoms with van der Waals surface area (Å²) in [5.41, 5.74) is 3.64. The number of rotatable bonds is 7. The second-order valence-electron chi connectivity index (χ2n) is 8.05. The molecule has 0 saturated heterocycles. The third kappa shape index (κ3) is 4.44. The molecule has 1 aliphatic rings. The van der Waals surface area contributed by atoms with Crippen molar-refractivity contribution in [2.45, 2.75) is 65.1 Å². The van der Waals surface area contributed by atoms with E-state index in [2.05, 4.69) is 20.8 Å². The minimum absolute atomic E-state index is 0.245. The third-order valence-corrected chi connectivity index (χ3v) is 5.29. The highest BCUT2D eigenvalue weighted by atomic mass is 35.5. The second kappa shape index (κ2) is 8.04. The molecule has 0 spiro atoms. The molecule has 150 valence electrons. The zero-order chi connectivity index (χ0) is 20.5. The van der Waals surface area contributed by atoms with Crippen LogP contribution in [0.3, 0.4) is 0 Å². The summed E-state index contributed by atoms with van der Waals surface area (Å²) in [5, 5.41) is 10.0. The van der Waals surface area contributed by atoms with Crippen molar-refractivity contribution >= 4 is 17.6 Å². The molecule has 28 heavy (non-hydrogen) atoms. The van der Waals surface area contributed by atoms with Crippen molar-refractivity contribution in [3.63, 3.8) is 0 Å². The predicted molar refractivity (Wildman–Crippen MR) is 111 cm³/mol. The van der Waals surface area contributed by atoms with Crippen LogP contribution >= 0.6 is 11.6 Å². The lowest BCUT2D eigenvalue weighted by Crippen LogP contribution is -2.25. The van der Waals surface area contributed by atoms with Crippen molar-refractivity contribution in [1.29, 1.82) is 0 Å². The molecule has 3 rings (SSSR count). The first-order valence-electron chi connectivity index (χ1n) is 9.69. The van der Waals surface area contributed by atoms with Crippen LogP contribution < -0.4 is 9.47 Å². The summed E-state index contributed by atoms with van der Waals surface area (Å²) < 4.78 is 12.1. The van der Waals surface area contributed by atoms with Crippen molar-refractivity contribution in [2.24, 2.45) is 0 Å². The highest BCUT2D eigenvalue weighted by Crippen LogP contribution is 2.40. The molecule has 0 aromatic heterocycles. The summed E-state index contributed by atoms with van der Waals surface area (Å²) >= 11 is 6.29. The van der Waals surface area contributed by atoms with E-state index in [1.807, 2.05) is 30.3 Å². The van der Waals surface area contributed by atoms with E-state index in [-0.39, 0.29) is 5.60 Å². The Morgan fingerprint density at radius 3 is 2.71 bits per heavy atom.